The maximum Gasteiger partial charge on any atom is 0.165 e. The third-order valence-corrected chi connectivity index (χ3v) is 3.46. The first-order valence-corrected chi connectivity index (χ1v) is 6.92. The van der Waals surface area contributed by atoms with E-state index in [0.29, 0.717) is 17.5 Å². The molecule has 0 saturated heterocycles. The van der Waals surface area contributed by atoms with Gasteiger partial charge in [-0.2, -0.15) is 5.10 Å². The van der Waals surface area contributed by atoms with Crippen LogP contribution in [0.15, 0.2) is 54.6 Å². The molecule has 0 radical (unpaired) electrons. The van der Waals surface area contributed by atoms with Crippen molar-refractivity contribution in [3.63, 3.8) is 0 Å². The van der Waals surface area contributed by atoms with Gasteiger partial charge >= 0.3 is 0 Å². The highest BCUT2D eigenvalue weighted by atomic mass is 15.2. The van der Waals surface area contributed by atoms with Gasteiger partial charge < -0.3 is 16.0 Å². The number of hydrogen-bond donors (Lipinski definition) is 4. The van der Waals surface area contributed by atoms with E-state index in [0.717, 1.165) is 22.3 Å². The second-order valence-corrected chi connectivity index (χ2v) is 4.95. The minimum Gasteiger partial charge on any atom is -0.383 e. The van der Waals surface area contributed by atoms with Gasteiger partial charge in [-0.05, 0) is 24.3 Å². The van der Waals surface area contributed by atoms with E-state index in [1.54, 1.807) is 0 Å². The second kappa shape index (κ2) is 4.92. The first-order chi connectivity index (χ1) is 10.8. The molecule has 0 saturated carbocycles. The van der Waals surface area contributed by atoms with E-state index >= 15 is 0 Å². The fourth-order valence-electron chi connectivity index (χ4n) is 2.42. The molecule has 6 heteroatoms. The zero-order valence-electron chi connectivity index (χ0n) is 11.7. The molecule has 0 atom stereocenters. The fraction of sp³-hybridized carbons (Fsp3) is 0. The molecule has 4 aromatic rings. The maximum absolute atomic E-state index is 6.03. The van der Waals surface area contributed by atoms with Crippen molar-refractivity contribution in [3.8, 4) is 11.4 Å². The van der Waals surface area contributed by atoms with E-state index in [4.69, 9.17) is 5.73 Å². The average Bonchev–Trinajstić information content (AvgIpc) is 3.11. The number of para-hydroxylation sites is 3. The summed E-state index contributed by atoms with van der Waals surface area (Å²) in [7, 11) is 0. The summed E-state index contributed by atoms with van der Waals surface area (Å²) in [4.78, 5) is 7.86. The summed E-state index contributed by atoms with van der Waals surface area (Å²) in [5.41, 5.74) is 9.56. The first-order valence-electron chi connectivity index (χ1n) is 6.92. The Morgan fingerprint density at radius 2 is 1.73 bits per heavy atom. The Balaban J connectivity index is 1.79. The van der Waals surface area contributed by atoms with E-state index in [9.17, 15) is 0 Å². The number of benzene rings is 2. The van der Waals surface area contributed by atoms with Crippen molar-refractivity contribution in [2.24, 2.45) is 0 Å². The van der Waals surface area contributed by atoms with Crippen molar-refractivity contribution in [1.82, 2.24) is 20.2 Å². The lowest BCUT2D eigenvalue weighted by molar-refractivity contribution is 1.10. The molecular formula is C16H14N6. The van der Waals surface area contributed by atoms with E-state index in [2.05, 4.69) is 25.5 Å². The van der Waals surface area contributed by atoms with Gasteiger partial charge in [0.2, 0.25) is 0 Å². The molecule has 6 nitrogen and oxygen atoms in total. The van der Waals surface area contributed by atoms with Gasteiger partial charge in [0.15, 0.2) is 5.82 Å². The highest BCUT2D eigenvalue weighted by Gasteiger charge is 2.17. The second-order valence-electron chi connectivity index (χ2n) is 4.95. The topological polar surface area (TPSA) is 95.4 Å². The van der Waals surface area contributed by atoms with Crippen LogP contribution < -0.4 is 11.1 Å². The molecule has 5 N–H and O–H groups in total. The number of imidazole rings is 1. The molecule has 0 aliphatic rings. The Kier molecular flexibility index (Phi) is 2.79. The normalized spacial score (nSPS) is 10.9. The number of fused-ring (bicyclic) bond motifs is 1. The Bertz CT molecular complexity index is 889. The van der Waals surface area contributed by atoms with Crippen molar-refractivity contribution in [1.29, 1.82) is 0 Å². The zero-order valence-corrected chi connectivity index (χ0v) is 11.7. The largest absolute Gasteiger partial charge is 0.383 e. The molecule has 0 aliphatic heterocycles. The van der Waals surface area contributed by atoms with Crippen LogP contribution >= 0.6 is 0 Å². The summed E-state index contributed by atoms with van der Waals surface area (Å²) in [6, 6.07) is 17.7. The van der Waals surface area contributed by atoms with Crippen molar-refractivity contribution in [2.45, 2.75) is 0 Å². The van der Waals surface area contributed by atoms with Gasteiger partial charge in [0, 0.05) is 5.69 Å². The van der Waals surface area contributed by atoms with Crippen molar-refractivity contribution in [2.75, 3.05) is 11.1 Å². The molecule has 0 spiro atoms. The van der Waals surface area contributed by atoms with Crippen molar-refractivity contribution in [3.05, 3.63) is 54.6 Å². The van der Waals surface area contributed by atoms with Crippen molar-refractivity contribution < 1.29 is 0 Å². The summed E-state index contributed by atoms with van der Waals surface area (Å²) in [5, 5.41) is 10.3. The summed E-state index contributed by atoms with van der Waals surface area (Å²) < 4.78 is 0. The van der Waals surface area contributed by atoms with Gasteiger partial charge in [0.25, 0.3) is 0 Å². The molecule has 0 unspecified atom stereocenters. The van der Waals surface area contributed by atoms with Crippen molar-refractivity contribution >= 4 is 28.4 Å². The van der Waals surface area contributed by atoms with E-state index in [1.807, 2.05) is 54.6 Å². The van der Waals surface area contributed by atoms with Crippen LogP contribution in [0.4, 0.5) is 17.3 Å². The standard InChI is InChI=1S/C16H14N6/c17-14-13(15-19-11-8-4-5-9-12(11)20-15)16(22-21-14)18-10-6-2-1-3-7-10/h1-9H,(H,19,20)(H4,17,18,21,22). The van der Waals surface area contributed by atoms with Crippen LogP contribution in [0.25, 0.3) is 22.4 Å². The number of aromatic amines is 2. The van der Waals surface area contributed by atoms with Crippen LogP contribution in [0.3, 0.4) is 0 Å². The number of nitrogen functional groups attached to an aromatic ring is 1. The highest BCUT2D eigenvalue weighted by molar-refractivity contribution is 5.87. The number of nitrogens with one attached hydrogen (secondary N) is 3. The molecule has 2 aromatic heterocycles. The minimum absolute atomic E-state index is 0.470. The van der Waals surface area contributed by atoms with Gasteiger partial charge in [-0.25, -0.2) is 4.98 Å². The number of aromatic nitrogens is 4. The number of H-pyrrole nitrogens is 2. The molecule has 22 heavy (non-hydrogen) atoms. The molecule has 0 amide bonds. The summed E-state index contributed by atoms with van der Waals surface area (Å²) in [6.07, 6.45) is 0. The smallest absolute Gasteiger partial charge is 0.165 e. The Morgan fingerprint density at radius 1 is 0.955 bits per heavy atom. The maximum atomic E-state index is 6.03. The average molecular weight is 290 g/mol. The minimum atomic E-state index is 0.470. The lowest BCUT2D eigenvalue weighted by Crippen LogP contribution is -1.94. The van der Waals surface area contributed by atoms with Crippen LogP contribution in [-0.2, 0) is 0 Å². The molecule has 2 aromatic carbocycles. The molecular weight excluding hydrogens is 276 g/mol. The van der Waals surface area contributed by atoms with Gasteiger partial charge in [-0.3, -0.25) is 5.10 Å². The number of rotatable bonds is 3. The Morgan fingerprint density at radius 3 is 2.55 bits per heavy atom. The third kappa shape index (κ3) is 2.07. The molecule has 108 valence electrons. The van der Waals surface area contributed by atoms with Gasteiger partial charge in [0.1, 0.15) is 17.2 Å². The van der Waals surface area contributed by atoms with Crippen LogP contribution in [0.5, 0.6) is 0 Å². The fourth-order valence-corrected chi connectivity index (χ4v) is 2.42. The lowest BCUT2D eigenvalue weighted by Gasteiger charge is -2.04. The zero-order chi connectivity index (χ0) is 14.9. The number of nitrogens with two attached hydrogens (primary N) is 1. The van der Waals surface area contributed by atoms with Crippen LogP contribution in [0.1, 0.15) is 0 Å². The van der Waals surface area contributed by atoms with Gasteiger partial charge in [-0.1, -0.05) is 30.3 Å². The van der Waals surface area contributed by atoms with Crippen LogP contribution in [0, 0.1) is 0 Å². The predicted molar refractivity (Wildman–Crippen MR) is 87.8 cm³/mol. The third-order valence-electron chi connectivity index (χ3n) is 3.46. The monoisotopic (exact) mass is 290 g/mol. The molecule has 4 rings (SSSR count). The molecule has 0 aliphatic carbocycles. The van der Waals surface area contributed by atoms with E-state index < -0.39 is 0 Å². The predicted octanol–water partition coefficient (Wildman–Crippen LogP) is 3.28. The van der Waals surface area contributed by atoms with Gasteiger partial charge in [-0.15, -0.1) is 0 Å². The molecule has 0 bridgehead atoms. The van der Waals surface area contributed by atoms with Crippen LogP contribution in [-0.4, -0.2) is 20.2 Å². The summed E-state index contributed by atoms with van der Waals surface area (Å²) in [5.74, 6) is 1.80. The number of hydrogen-bond acceptors (Lipinski definition) is 4. The SMILES string of the molecule is Nc1[nH]nc(Nc2ccccc2)c1-c1nc2ccccc2[nH]1. The quantitative estimate of drug-likeness (QED) is 0.465. The Hall–Kier alpha value is -3.28. The number of anilines is 3. The molecule has 0 fully saturated rings. The molecule has 2 heterocycles. The number of nitrogens with zero attached hydrogens (tertiary/aromatic N) is 2. The summed E-state index contributed by atoms with van der Waals surface area (Å²) in [6.45, 7) is 0. The van der Waals surface area contributed by atoms with Gasteiger partial charge in [0.05, 0.1) is 11.0 Å². The van der Waals surface area contributed by atoms with Crippen LogP contribution in [0.2, 0.25) is 0 Å². The Labute approximate surface area is 126 Å². The van der Waals surface area contributed by atoms with E-state index in [1.165, 1.54) is 0 Å². The lowest BCUT2D eigenvalue weighted by atomic mass is 10.2. The van der Waals surface area contributed by atoms with E-state index in [-0.39, 0.29) is 0 Å². The first kappa shape index (κ1) is 12.5. The summed E-state index contributed by atoms with van der Waals surface area (Å²) >= 11 is 0. The highest BCUT2D eigenvalue weighted by Crippen LogP contribution is 2.32.